The van der Waals surface area contributed by atoms with E-state index in [4.69, 9.17) is 49.0 Å². The van der Waals surface area contributed by atoms with Crippen molar-refractivity contribution in [1.29, 1.82) is 0 Å². The van der Waals surface area contributed by atoms with Gasteiger partial charge in [-0.25, -0.2) is 9.37 Å². The summed E-state index contributed by atoms with van der Waals surface area (Å²) < 4.78 is 34.3. The summed E-state index contributed by atoms with van der Waals surface area (Å²) in [6.07, 6.45) is 9.96. The maximum absolute atomic E-state index is 13.4. The van der Waals surface area contributed by atoms with Crippen molar-refractivity contribution in [3.05, 3.63) is 123 Å². The summed E-state index contributed by atoms with van der Waals surface area (Å²) in [6, 6.07) is 16.3. The highest BCUT2D eigenvalue weighted by Gasteiger charge is 2.45. The van der Waals surface area contributed by atoms with Crippen molar-refractivity contribution in [2.24, 2.45) is 0 Å². The maximum atomic E-state index is 13.4. The lowest BCUT2D eigenvalue weighted by atomic mass is 9.99. The van der Waals surface area contributed by atoms with Crippen LogP contribution in [0.3, 0.4) is 0 Å². The van der Waals surface area contributed by atoms with E-state index in [9.17, 15) is 4.39 Å². The smallest absolute Gasteiger partial charge is 0.215 e. The van der Waals surface area contributed by atoms with Crippen molar-refractivity contribution in [1.82, 2.24) is 14.5 Å². The van der Waals surface area contributed by atoms with Gasteiger partial charge in [0.2, 0.25) is 5.79 Å². The van der Waals surface area contributed by atoms with Crippen LogP contribution < -0.4 is 4.74 Å². The molecule has 2 aliphatic heterocycles. The third-order valence-corrected chi connectivity index (χ3v) is 8.31. The minimum Gasteiger partial charge on any atom is -0.491 e. The number of benzene rings is 3. The van der Waals surface area contributed by atoms with E-state index in [1.165, 1.54) is 17.2 Å². The number of aromatic nitrogens is 2. The first-order valence-corrected chi connectivity index (χ1v) is 14.8. The van der Waals surface area contributed by atoms with Crippen LogP contribution in [0, 0.1) is 5.82 Å². The van der Waals surface area contributed by atoms with Crippen molar-refractivity contribution in [2.75, 3.05) is 26.3 Å². The summed E-state index contributed by atoms with van der Waals surface area (Å²) in [5.74, 6) is -0.696. The van der Waals surface area contributed by atoms with Crippen LogP contribution in [0.15, 0.2) is 79.4 Å². The highest BCUT2D eigenvalue weighted by atomic mass is 35.5. The number of halogens is 4. The topological polar surface area (TPSA) is 48.8 Å². The van der Waals surface area contributed by atoms with Gasteiger partial charge >= 0.3 is 0 Å². The molecule has 0 saturated carbocycles. The standard InChI is InChI=1S/C32H29Cl3FN3O3/c33-25-5-7-28(29(34)16-25)32(20-39-13-10-37-21-39)41-19-27(42-32)18-40-26-6-4-24-17-38(12-9-23(24)15-26)11-1-2-22-3-8-31(36)30(35)14-22/h1-8,10,13-16,21,27H,9,11-12,17-20H2/t27-,32-/m0/s1. The molecule has 3 aromatic carbocycles. The first kappa shape index (κ1) is 29.2. The molecule has 0 spiro atoms. The third-order valence-electron chi connectivity index (χ3n) is 7.47. The zero-order chi connectivity index (χ0) is 29.1. The van der Waals surface area contributed by atoms with E-state index in [1.807, 2.05) is 29.0 Å². The van der Waals surface area contributed by atoms with E-state index in [-0.39, 0.29) is 11.1 Å². The fourth-order valence-electron chi connectivity index (χ4n) is 5.35. The monoisotopic (exact) mass is 627 g/mol. The highest BCUT2D eigenvalue weighted by Crippen LogP contribution is 2.40. The Morgan fingerprint density at radius 3 is 2.76 bits per heavy atom. The minimum atomic E-state index is -1.09. The Morgan fingerprint density at radius 2 is 1.95 bits per heavy atom. The SMILES string of the molecule is Fc1ccc(C=CCN2CCc3cc(OC[C@H]4CO[C@](Cn5ccnc5)(c5ccc(Cl)cc5Cl)O4)ccc3C2)cc1Cl. The average Bonchev–Trinajstić information content (AvgIpc) is 3.64. The Balaban J connectivity index is 1.06. The summed E-state index contributed by atoms with van der Waals surface area (Å²) in [4.78, 5) is 6.51. The van der Waals surface area contributed by atoms with Crippen LogP contribution in [-0.4, -0.2) is 46.9 Å². The molecule has 6 rings (SSSR count). The maximum Gasteiger partial charge on any atom is 0.215 e. The van der Waals surface area contributed by atoms with E-state index in [0.29, 0.717) is 35.4 Å². The normalized spacial score (nSPS) is 20.7. The molecule has 1 saturated heterocycles. The molecule has 0 aliphatic carbocycles. The lowest BCUT2D eigenvalue weighted by Gasteiger charge is -2.30. The fourth-order valence-corrected chi connectivity index (χ4v) is 6.09. The van der Waals surface area contributed by atoms with Crippen LogP contribution in [0.5, 0.6) is 5.75 Å². The number of imidazole rings is 1. The fraction of sp³-hybridized carbons (Fsp3) is 0.281. The summed E-state index contributed by atoms with van der Waals surface area (Å²) in [6.45, 7) is 3.65. The molecule has 2 aliphatic rings. The molecular weight excluding hydrogens is 600 g/mol. The minimum absolute atomic E-state index is 0.133. The Kier molecular flexibility index (Phi) is 8.86. The average molecular weight is 629 g/mol. The first-order chi connectivity index (χ1) is 20.4. The summed E-state index contributed by atoms with van der Waals surface area (Å²) in [5.41, 5.74) is 4.15. The largest absolute Gasteiger partial charge is 0.491 e. The van der Waals surface area contributed by atoms with Crippen molar-refractivity contribution < 1.29 is 18.6 Å². The molecule has 0 N–H and O–H groups in total. The molecule has 42 heavy (non-hydrogen) atoms. The zero-order valence-electron chi connectivity index (χ0n) is 22.7. The van der Waals surface area contributed by atoms with Gasteiger partial charge in [0, 0.05) is 42.6 Å². The molecule has 0 unspecified atom stereocenters. The molecule has 0 radical (unpaired) electrons. The Labute approximate surface area is 259 Å². The van der Waals surface area contributed by atoms with Gasteiger partial charge in [-0.15, -0.1) is 0 Å². The molecule has 4 aromatic rings. The van der Waals surface area contributed by atoms with E-state index < -0.39 is 11.6 Å². The predicted octanol–water partition coefficient (Wildman–Crippen LogP) is 7.40. The molecule has 10 heteroatoms. The molecule has 0 amide bonds. The van der Waals surface area contributed by atoms with Crippen molar-refractivity contribution in [3.8, 4) is 5.75 Å². The van der Waals surface area contributed by atoms with Gasteiger partial charge in [-0.05, 0) is 59.5 Å². The molecule has 1 fully saturated rings. The number of nitrogens with zero attached hydrogens (tertiary/aromatic N) is 3. The second-order valence-corrected chi connectivity index (χ2v) is 11.7. The van der Waals surface area contributed by atoms with Crippen LogP contribution in [0.25, 0.3) is 6.08 Å². The Bertz CT molecular complexity index is 1580. The van der Waals surface area contributed by atoms with E-state index in [1.54, 1.807) is 36.8 Å². The lowest BCUT2D eigenvalue weighted by molar-refractivity contribution is -0.189. The molecule has 6 nitrogen and oxygen atoms in total. The van der Waals surface area contributed by atoms with Crippen LogP contribution in [-0.2, 0) is 34.8 Å². The number of fused-ring (bicyclic) bond motifs is 1. The molecule has 1 aromatic heterocycles. The number of rotatable bonds is 9. The first-order valence-electron chi connectivity index (χ1n) is 13.7. The van der Waals surface area contributed by atoms with E-state index in [0.717, 1.165) is 37.4 Å². The quantitative estimate of drug-likeness (QED) is 0.193. The van der Waals surface area contributed by atoms with Crippen molar-refractivity contribution >= 4 is 40.9 Å². The molecule has 0 bridgehead atoms. The molecule has 218 valence electrons. The zero-order valence-corrected chi connectivity index (χ0v) is 25.0. The van der Waals surface area contributed by atoms with Gasteiger partial charge < -0.3 is 18.8 Å². The van der Waals surface area contributed by atoms with Crippen molar-refractivity contribution in [2.45, 2.75) is 31.4 Å². The Hall–Kier alpha value is -2.91. The Morgan fingerprint density at radius 1 is 1.05 bits per heavy atom. The van der Waals surface area contributed by atoms with Gasteiger partial charge in [-0.2, -0.15) is 0 Å². The molecular formula is C32H29Cl3FN3O3. The summed E-state index contributed by atoms with van der Waals surface area (Å²) in [7, 11) is 0. The summed E-state index contributed by atoms with van der Waals surface area (Å²) in [5, 5.41) is 1.15. The van der Waals surface area contributed by atoms with Crippen LogP contribution in [0.1, 0.15) is 22.3 Å². The molecule has 2 atom stereocenters. The highest BCUT2D eigenvalue weighted by molar-refractivity contribution is 6.35. The second kappa shape index (κ2) is 12.8. The third kappa shape index (κ3) is 6.67. The van der Waals surface area contributed by atoms with Gasteiger partial charge in [-0.1, -0.05) is 65.2 Å². The lowest BCUT2D eigenvalue weighted by Crippen LogP contribution is -2.34. The van der Waals surface area contributed by atoms with Gasteiger partial charge in [0.15, 0.2) is 0 Å². The van der Waals surface area contributed by atoms with Gasteiger partial charge in [0.1, 0.15) is 24.3 Å². The second-order valence-electron chi connectivity index (χ2n) is 10.5. The van der Waals surface area contributed by atoms with Crippen LogP contribution in [0.2, 0.25) is 15.1 Å². The van der Waals surface area contributed by atoms with Crippen molar-refractivity contribution in [3.63, 3.8) is 0 Å². The summed E-state index contributed by atoms with van der Waals surface area (Å²) >= 11 is 18.6. The van der Waals surface area contributed by atoms with E-state index >= 15 is 0 Å². The molecule has 3 heterocycles. The van der Waals surface area contributed by atoms with E-state index in [2.05, 4.69) is 28.1 Å². The van der Waals surface area contributed by atoms with Gasteiger partial charge in [0.25, 0.3) is 0 Å². The van der Waals surface area contributed by atoms with Gasteiger partial charge in [0.05, 0.1) is 29.5 Å². The van der Waals surface area contributed by atoms with Crippen LogP contribution >= 0.6 is 34.8 Å². The predicted molar refractivity (Wildman–Crippen MR) is 163 cm³/mol. The number of hydrogen-bond donors (Lipinski definition) is 0. The van der Waals surface area contributed by atoms with Gasteiger partial charge in [-0.3, -0.25) is 4.90 Å². The van der Waals surface area contributed by atoms with Crippen LogP contribution in [0.4, 0.5) is 4.39 Å². The number of hydrogen-bond acceptors (Lipinski definition) is 5. The number of ether oxygens (including phenoxy) is 3.